The fourth-order valence-electron chi connectivity index (χ4n) is 5.62. The van der Waals surface area contributed by atoms with Gasteiger partial charge in [-0.1, -0.05) is 47.5 Å². The fraction of sp³-hybridized carbons (Fsp3) is 0.406. The van der Waals surface area contributed by atoms with Gasteiger partial charge in [0.1, 0.15) is 16.7 Å². The fourth-order valence-corrected chi connectivity index (χ4v) is 6.70. The number of nitrogens with zero attached hydrogens (tertiary/aromatic N) is 4. The minimum atomic E-state index is -0.432. The first-order valence-corrected chi connectivity index (χ1v) is 16.3. The van der Waals surface area contributed by atoms with Crippen LogP contribution in [0.4, 0.5) is 4.79 Å². The number of carbonyl (C=O) groups excluding carboxylic acids is 2. The number of ether oxygens (including phenoxy) is 2. The number of aliphatic imine (C=N–C) groups is 1. The van der Waals surface area contributed by atoms with Crippen molar-refractivity contribution in [2.75, 3.05) is 53.0 Å². The number of piperazine rings is 1. The van der Waals surface area contributed by atoms with Crippen LogP contribution in [0.25, 0.3) is 0 Å². The average Bonchev–Trinajstić information content (AvgIpc) is 3.63. The van der Waals surface area contributed by atoms with Crippen LogP contribution < -0.4 is 10.1 Å². The quantitative estimate of drug-likeness (QED) is 0.294. The van der Waals surface area contributed by atoms with Gasteiger partial charge in [0.2, 0.25) is 5.91 Å². The third-order valence-corrected chi connectivity index (χ3v) is 9.06. The highest BCUT2D eigenvalue weighted by Gasteiger charge is 2.45. The number of rotatable bonds is 10. The number of amides is 3. The third kappa shape index (κ3) is 7.38. The first-order chi connectivity index (χ1) is 21.3. The monoisotopic (exact) mass is 657 g/mol. The van der Waals surface area contributed by atoms with E-state index >= 15 is 0 Å². The van der Waals surface area contributed by atoms with Crippen molar-refractivity contribution < 1.29 is 19.1 Å². The molecule has 234 valence electrons. The molecule has 3 unspecified atom stereocenters. The maximum absolute atomic E-state index is 14.6. The number of methoxy groups -OCH3 is 1. The highest BCUT2D eigenvalue weighted by atomic mass is 35.5. The van der Waals surface area contributed by atoms with Crippen LogP contribution >= 0.6 is 34.5 Å². The lowest BCUT2D eigenvalue weighted by Gasteiger charge is -2.38. The van der Waals surface area contributed by atoms with Crippen molar-refractivity contribution in [3.63, 3.8) is 0 Å². The van der Waals surface area contributed by atoms with E-state index in [4.69, 9.17) is 37.7 Å². The van der Waals surface area contributed by atoms with Gasteiger partial charge in [0.25, 0.3) is 0 Å². The van der Waals surface area contributed by atoms with E-state index < -0.39 is 6.04 Å². The first-order valence-electron chi connectivity index (χ1n) is 14.7. The first kappa shape index (κ1) is 32.2. The van der Waals surface area contributed by atoms with Gasteiger partial charge in [-0.15, -0.1) is 11.3 Å². The van der Waals surface area contributed by atoms with Crippen LogP contribution in [-0.2, 0) is 9.53 Å². The summed E-state index contributed by atoms with van der Waals surface area (Å²) in [6, 6.07) is 16.1. The van der Waals surface area contributed by atoms with Gasteiger partial charge < -0.3 is 19.7 Å². The van der Waals surface area contributed by atoms with Crippen LogP contribution in [0.5, 0.6) is 5.75 Å². The Kier molecular flexibility index (Phi) is 10.8. The molecule has 0 radical (unpaired) electrons. The topological polar surface area (TPSA) is 86.7 Å². The summed E-state index contributed by atoms with van der Waals surface area (Å²) < 4.78 is 11.1. The Labute approximate surface area is 272 Å². The third-order valence-electron chi connectivity index (χ3n) is 7.66. The molecular formula is C32H37Cl2N5O4S. The smallest absolute Gasteiger partial charge is 0.326 e. The molecule has 2 aromatic carbocycles. The number of carbonyl (C=O) groups is 2. The van der Waals surface area contributed by atoms with E-state index in [-0.39, 0.29) is 30.6 Å². The lowest BCUT2D eigenvalue weighted by Crippen LogP contribution is -2.55. The van der Waals surface area contributed by atoms with Gasteiger partial charge in [-0.25, -0.2) is 4.79 Å². The van der Waals surface area contributed by atoms with Crippen molar-refractivity contribution in [2.24, 2.45) is 4.99 Å². The molecule has 2 aliphatic heterocycles. The molecule has 0 aliphatic carbocycles. The van der Waals surface area contributed by atoms with Crippen molar-refractivity contribution in [3.8, 4) is 5.75 Å². The number of amidine groups is 1. The maximum atomic E-state index is 14.6. The van der Waals surface area contributed by atoms with Crippen LogP contribution in [-0.4, -0.2) is 91.6 Å². The number of urea groups is 1. The second kappa shape index (κ2) is 14.8. The molecule has 3 heterocycles. The molecule has 1 fully saturated rings. The summed E-state index contributed by atoms with van der Waals surface area (Å²) in [5, 5.41) is 6.15. The Morgan fingerprint density at radius 3 is 2.25 bits per heavy atom. The molecule has 0 spiro atoms. The van der Waals surface area contributed by atoms with Crippen LogP contribution in [0, 0.1) is 0 Å². The number of nitrogens with one attached hydrogen (secondary N) is 1. The number of hydrogen-bond acceptors (Lipinski definition) is 7. The number of benzene rings is 2. The van der Waals surface area contributed by atoms with Crippen LogP contribution in [0.1, 0.15) is 41.9 Å². The Bertz CT molecular complexity index is 1460. The van der Waals surface area contributed by atoms with E-state index in [9.17, 15) is 9.59 Å². The van der Waals surface area contributed by atoms with Crippen molar-refractivity contribution in [2.45, 2.75) is 32.0 Å². The Morgan fingerprint density at radius 1 is 1.00 bits per heavy atom. The lowest BCUT2D eigenvalue weighted by atomic mass is 9.94. The molecule has 3 aromatic rings. The molecule has 2 aliphatic rings. The standard InChI is InChI=1S/C32H37Cl2N5O4S/c1-4-43-26-13-18-44-30(26)31-36-28(22-5-9-24(33)10-6-22)29(23-7-11-25(34)12-8-23)39(31)32(41)38-16-14-37(15-17-38)19-27(40)35-21(2)20-42-3/h5-13,18,21,28-29H,4,14-17,19-20H2,1-3H3,(H,35,40). The predicted molar refractivity (Wildman–Crippen MR) is 175 cm³/mol. The van der Waals surface area contributed by atoms with E-state index in [1.165, 1.54) is 11.3 Å². The molecule has 3 atom stereocenters. The summed E-state index contributed by atoms with van der Waals surface area (Å²) in [6.45, 7) is 7.17. The Balaban J connectivity index is 1.45. The zero-order chi connectivity index (χ0) is 31.2. The molecule has 12 heteroatoms. The van der Waals surface area contributed by atoms with Crippen LogP contribution in [0.2, 0.25) is 10.0 Å². The van der Waals surface area contributed by atoms with E-state index in [1.54, 1.807) is 7.11 Å². The van der Waals surface area contributed by atoms with Gasteiger partial charge in [0, 0.05) is 49.4 Å². The van der Waals surface area contributed by atoms with Crippen LogP contribution in [0.15, 0.2) is 65.0 Å². The second-order valence-corrected chi connectivity index (χ2v) is 12.6. The molecule has 3 amide bonds. The zero-order valence-electron chi connectivity index (χ0n) is 25.0. The largest absolute Gasteiger partial charge is 0.492 e. The number of halogens is 2. The molecule has 5 rings (SSSR count). The predicted octanol–water partition coefficient (Wildman–Crippen LogP) is 5.89. The summed E-state index contributed by atoms with van der Waals surface area (Å²) >= 11 is 14.0. The normalized spacial score (nSPS) is 19.5. The molecule has 44 heavy (non-hydrogen) atoms. The van der Waals surface area contributed by atoms with Gasteiger partial charge >= 0.3 is 6.03 Å². The van der Waals surface area contributed by atoms with E-state index in [1.807, 2.05) is 83.6 Å². The second-order valence-electron chi connectivity index (χ2n) is 10.8. The summed E-state index contributed by atoms with van der Waals surface area (Å²) in [5.41, 5.74) is 1.85. The maximum Gasteiger partial charge on any atom is 0.326 e. The van der Waals surface area contributed by atoms with Crippen molar-refractivity contribution in [3.05, 3.63) is 86.0 Å². The summed E-state index contributed by atoms with van der Waals surface area (Å²) in [5.74, 6) is 1.21. The van der Waals surface area contributed by atoms with Crippen molar-refractivity contribution >= 4 is 52.3 Å². The highest BCUT2D eigenvalue weighted by molar-refractivity contribution is 7.12. The van der Waals surface area contributed by atoms with Gasteiger partial charge in [-0.2, -0.15) is 0 Å². The summed E-state index contributed by atoms with van der Waals surface area (Å²) in [6.07, 6.45) is 0. The molecule has 1 N–H and O–H groups in total. The molecule has 1 saturated heterocycles. The van der Waals surface area contributed by atoms with Crippen LogP contribution in [0.3, 0.4) is 0 Å². The Hall–Kier alpha value is -3.15. The summed E-state index contributed by atoms with van der Waals surface area (Å²) in [7, 11) is 1.61. The van der Waals surface area contributed by atoms with E-state index in [2.05, 4.69) is 10.2 Å². The average molecular weight is 659 g/mol. The molecule has 1 aromatic heterocycles. The lowest BCUT2D eigenvalue weighted by molar-refractivity contribution is -0.123. The van der Waals surface area contributed by atoms with Crippen molar-refractivity contribution in [1.29, 1.82) is 0 Å². The molecular weight excluding hydrogens is 621 g/mol. The molecule has 0 saturated carbocycles. The number of thiophene rings is 1. The summed E-state index contributed by atoms with van der Waals surface area (Å²) in [4.78, 5) is 38.9. The molecule has 9 nitrogen and oxygen atoms in total. The zero-order valence-corrected chi connectivity index (χ0v) is 27.4. The number of hydrogen-bond donors (Lipinski definition) is 1. The minimum absolute atomic E-state index is 0.0574. The SMILES string of the molecule is CCOc1ccsc1C1=NC(c2ccc(Cl)cc2)C(c2ccc(Cl)cc2)N1C(=O)N1CCN(CC(=O)NC(C)COC)CC1. The van der Waals surface area contributed by atoms with E-state index in [0.29, 0.717) is 61.0 Å². The van der Waals surface area contributed by atoms with Gasteiger partial charge in [0.05, 0.1) is 25.8 Å². The van der Waals surface area contributed by atoms with Gasteiger partial charge in [-0.05, 0) is 60.7 Å². The van der Waals surface area contributed by atoms with Crippen molar-refractivity contribution in [1.82, 2.24) is 20.0 Å². The minimum Gasteiger partial charge on any atom is -0.492 e. The van der Waals surface area contributed by atoms with Gasteiger partial charge in [0.15, 0.2) is 5.84 Å². The van der Waals surface area contributed by atoms with Gasteiger partial charge in [-0.3, -0.25) is 19.6 Å². The highest BCUT2D eigenvalue weighted by Crippen LogP contribution is 2.46. The molecule has 0 bridgehead atoms. The Morgan fingerprint density at radius 2 is 1.64 bits per heavy atom. The van der Waals surface area contributed by atoms with E-state index in [0.717, 1.165) is 16.0 Å².